The molecule has 0 N–H and O–H groups in total. The van der Waals surface area contributed by atoms with Gasteiger partial charge in [-0.25, -0.2) is 9.13 Å². The smallest absolute Gasteiger partial charge is 0.226 e. The summed E-state index contributed by atoms with van der Waals surface area (Å²) in [7, 11) is 2.23. The van der Waals surface area contributed by atoms with E-state index in [1.165, 1.54) is 64.8 Å². The molecule has 1 saturated carbocycles. The molecule has 26 heavy (non-hydrogen) atoms. The minimum atomic E-state index is 0.567. The summed E-state index contributed by atoms with van der Waals surface area (Å²) < 4.78 is 5.05. The Morgan fingerprint density at radius 2 is 1.69 bits per heavy atom. The molecule has 1 aliphatic rings. The van der Waals surface area contributed by atoms with Crippen molar-refractivity contribution in [3.05, 3.63) is 53.1 Å². The van der Waals surface area contributed by atoms with E-state index in [-0.39, 0.29) is 0 Å². The Kier molecular flexibility index (Phi) is 4.38. The minimum absolute atomic E-state index is 0.567. The van der Waals surface area contributed by atoms with Crippen LogP contribution in [-0.2, 0) is 7.05 Å². The third-order valence-electron chi connectivity index (χ3n) is 6.21. The summed E-state index contributed by atoms with van der Waals surface area (Å²) in [4.78, 5) is 0. The summed E-state index contributed by atoms with van der Waals surface area (Å²) in [5.74, 6) is 1.94. The summed E-state index contributed by atoms with van der Waals surface area (Å²) in [5, 5.41) is 0. The molecule has 2 heteroatoms. The van der Waals surface area contributed by atoms with Crippen molar-refractivity contribution in [2.45, 2.75) is 65.3 Å². The lowest BCUT2D eigenvalue weighted by atomic mass is 9.92. The first kappa shape index (κ1) is 17.3. The van der Waals surface area contributed by atoms with Crippen molar-refractivity contribution in [2.75, 3.05) is 0 Å². The molecule has 0 atom stereocenters. The van der Waals surface area contributed by atoms with Gasteiger partial charge in [0.05, 0.1) is 12.6 Å². The third-order valence-corrected chi connectivity index (χ3v) is 6.21. The standard InChI is InChI=1S/C24H31N2/c1-16(2)20-14-18(4)21(15-17(20)3)24-25(5)22-12-8-9-13-23(22)26(24)19-10-6-7-11-19/h8-9,12-16,19H,6-7,10-11H2,1-5H3/q+1. The maximum absolute atomic E-state index is 2.64. The fraction of sp³-hybridized carbons (Fsp3) is 0.458. The van der Waals surface area contributed by atoms with Gasteiger partial charge in [0.1, 0.15) is 6.04 Å². The first-order valence-corrected chi connectivity index (χ1v) is 10.1. The first-order valence-electron chi connectivity index (χ1n) is 10.1. The molecular weight excluding hydrogens is 316 g/mol. The molecule has 0 spiro atoms. The van der Waals surface area contributed by atoms with E-state index in [2.05, 4.69) is 80.3 Å². The van der Waals surface area contributed by atoms with Gasteiger partial charge in [0.15, 0.2) is 11.0 Å². The van der Waals surface area contributed by atoms with Crippen LogP contribution in [0.5, 0.6) is 0 Å². The Bertz CT molecular complexity index is 956. The fourth-order valence-corrected chi connectivity index (χ4v) is 4.89. The van der Waals surface area contributed by atoms with Gasteiger partial charge >= 0.3 is 0 Å². The largest absolute Gasteiger partial charge is 0.290 e. The van der Waals surface area contributed by atoms with Crippen molar-refractivity contribution < 1.29 is 4.57 Å². The molecule has 0 bridgehead atoms. The predicted molar refractivity (Wildman–Crippen MR) is 110 cm³/mol. The Morgan fingerprint density at radius 1 is 1.00 bits per heavy atom. The Labute approximate surface area is 157 Å². The highest BCUT2D eigenvalue weighted by molar-refractivity contribution is 5.77. The molecule has 2 nitrogen and oxygen atoms in total. The molecule has 0 aliphatic heterocycles. The summed E-state index contributed by atoms with van der Waals surface area (Å²) in [6.45, 7) is 9.12. The molecule has 0 amide bonds. The van der Waals surface area contributed by atoms with Crippen LogP contribution in [0.3, 0.4) is 0 Å². The number of hydrogen-bond donors (Lipinski definition) is 0. The van der Waals surface area contributed by atoms with Crippen molar-refractivity contribution in [3.8, 4) is 11.4 Å². The topological polar surface area (TPSA) is 8.81 Å². The maximum atomic E-state index is 2.64. The molecule has 2 aromatic carbocycles. The van der Waals surface area contributed by atoms with Crippen molar-refractivity contribution in [1.29, 1.82) is 0 Å². The number of fused-ring (bicyclic) bond motifs is 1. The molecule has 1 aliphatic carbocycles. The second kappa shape index (κ2) is 6.57. The van der Waals surface area contributed by atoms with E-state index in [9.17, 15) is 0 Å². The average Bonchev–Trinajstić information content (AvgIpc) is 3.23. The van der Waals surface area contributed by atoms with Crippen molar-refractivity contribution in [3.63, 3.8) is 0 Å². The molecular formula is C24H31N2+. The highest BCUT2D eigenvalue weighted by atomic mass is 15.2. The number of rotatable bonds is 3. The number of nitrogens with zero attached hydrogens (tertiary/aromatic N) is 2. The molecule has 136 valence electrons. The second-order valence-corrected chi connectivity index (χ2v) is 8.36. The van der Waals surface area contributed by atoms with Crippen LogP contribution in [0.2, 0.25) is 0 Å². The SMILES string of the molecule is Cc1cc(C(C)C)c(C)cc1-c1n(C2CCCC2)c2ccccc2[n+]1C. The fourth-order valence-electron chi connectivity index (χ4n) is 4.89. The van der Waals surface area contributed by atoms with E-state index in [0.29, 0.717) is 12.0 Å². The van der Waals surface area contributed by atoms with Crippen molar-refractivity contribution in [1.82, 2.24) is 4.57 Å². The average molecular weight is 348 g/mol. The van der Waals surface area contributed by atoms with Crippen LogP contribution in [0.4, 0.5) is 0 Å². The highest BCUT2D eigenvalue weighted by Gasteiger charge is 2.32. The number of imidazole rings is 1. The van der Waals surface area contributed by atoms with Gasteiger partial charge in [0.25, 0.3) is 5.82 Å². The van der Waals surface area contributed by atoms with Crippen LogP contribution >= 0.6 is 0 Å². The molecule has 0 radical (unpaired) electrons. The third kappa shape index (κ3) is 2.67. The number of aromatic nitrogens is 2. The Morgan fingerprint density at radius 3 is 2.38 bits per heavy atom. The van der Waals surface area contributed by atoms with Crippen molar-refractivity contribution >= 4 is 11.0 Å². The highest BCUT2D eigenvalue weighted by Crippen LogP contribution is 2.37. The molecule has 4 rings (SSSR count). The van der Waals surface area contributed by atoms with Crippen LogP contribution in [0.1, 0.15) is 68.2 Å². The number of benzene rings is 2. The zero-order chi connectivity index (χ0) is 18.4. The monoisotopic (exact) mass is 347 g/mol. The van der Waals surface area contributed by atoms with E-state index < -0.39 is 0 Å². The van der Waals surface area contributed by atoms with Crippen LogP contribution in [0, 0.1) is 13.8 Å². The van der Waals surface area contributed by atoms with E-state index >= 15 is 0 Å². The van der Waals surface area contributed by atoms with Gasteiger partial charge in [-0.05, 0) is 80.3 Å². The van der Waals surface area contributed by atoms with Gasteiger partial charge < -0.3 is 0 Å². The molecule has 0 saturated heterocycles. The zero-order valence-electron chi connectivity index (χ0n) is 16.8. The van der Waals surface area contributed by atoms with E-state index in [1.807, 2.05) is 0 Å². The van der Waals surface area contributed by atoms with Gasteiger partial charge in [-0.1, -0.05) is 32.0 Å². The summed E-state index contributed by atoms with van der Waals surface area (Å²) >= 11 is 0. The van der Waals surface area contributed by atoms with Gasteiger partial charge in [-0.15, -0.1) is 0 Å². The number of hydrogen-bond acceptors (Lipinski definition) is 0. The lowest BCUT2D eigenvalue weighted by molar-refractivity contribution is -0.634. The minimum Gasteiger partial charge on any atom is -0.226 e. The van der Waals surface area contributed by atoms with Gasteiger partial charge in [-0.3, -0.25) is 0 Å². The molecule has 3 aromatic rings. The molecule has 0 unspecified atom stereocenters. The van der Waals surface area contributed by atoms with E-state index in [1.54, 1.807) is 0 Å². The normalized spacial score (nSPS) is 15.5. The van der Waals surface area contributed by atoms with Gasteiger partial charge in [0.2, 0.25) is 0 Å². The first-order chi connectivity index (χ1) is 12.5. The quantitative estimate of drug-likeness (QED) is 0.515. The Balaban J connectivity index is 2.01. The van der Waals surface area contributed by atoms with Crippen LogP contribution in [0.25, 0.3) is 22.4 Å². The van der Waals surface area contributed by atoms with Crippen LogP contribution in [-0.4, -0.2) is 4.57 Å². The number of aryl methyl sites for hydroxylation is 3. The van der Waals surface area contributed by atoms with E-state index in [0.717, 1.165) is 0 Å². The summed E-state index contributed by atoms with van der Waals surface area (Å²) in [5.41, 5.74) is 8.36. The van der Waals surface area contributed by atoms with Crippen LogP contribution in [0.15, 0.2) is 36.4 Å². The number of para-hydroxylation sites is 2. The van der Waals surface area contributed by atoms with Gasteiger partial charge in [0, 0.05) is 0 Å². The zero-order valence-corrected chi connectivity index (χ0v) is 16.8. The Hall–Kier alpha value is -2.09. The summed E-state index contributed by atoms with van der Waals surface area (Å²) in [6, 6.07) is 14.3. The van der Waals surface area contributed by atoms with E-state index in [4.69, 9.17) is 0 Å². The predicted octanol–water partition coefficient (Wildman–Crippen LogP) is 5.99. The van der Waals surface area contributed by atoms with Gasteiger partial charge in [-0.2, -0.15) is 0 Å². The lowest BCUT2D eigenvalue weighted by Gasteiger charge is -2.15. The maximum Gasteiger partial charge on any atom is 0.290 e. The summed E-state index contributed by atoms with van der Waals surface area (Å²) in [6.07, 6.45) is 5.30. The molecule has 1 heterocycles. The molecule has 1 aromatic heterocycles. The lowest BCUT2D eigenvalue weighted by Crippen LogP contribution is -2.31. The van der Waals surface area contributed by atoms with Crippen molar-refractivity contribution in [2.24, 2.45) is 7.05 Å². The van der Waals surface area contributed by atoms with Crippen LogP contribution < -0.4 is 4.57 Å². The second-order valence-electron chi connectivity index (χ2n) is 8.36. The molecule has 1 fully saturated rings.